The third kappa shape index (κ3) is 3.40. The molecule has 1 fully saturated rings. The second kappa shape index (κ2) is 7.36. The second-order valence-corrected chi connectivity index (χ2v) is 7.53. The first-order valence-electron chi connectivity index (χ1n) is 9.22. The number of fused-ring (bicyclic) bond motifs is 2. The number of nitrogens with zero attached hydrogens (tertiary/aromatic N) is 5. The maximum absolute atomic E-state index is 6.04. The molecule has 10 heteroatoms. The fourth-order valence-electron chi connectivity index (χ4n) is 3.31. The number of benzene rings is 1. The van der Waals surface area contributed by atoms with Crippen LogP contribution in [0.4, 0.5) is 5.95 Å². The molecule has 0 unspecified atom stereocenters. The monoisotopic (exact) mass is 442 g/mol. The van der Waals surface area contributed by atoms with Gasteiger partial charge in [-0.15, -0.1) is 0 Å². The predicted molar refractivity (Wildman–Crippen MR) is 108 cm³/mol. The highest BCUT2D eigenvalue weighted by molar-refractivity contribution is 9.10. The van der Waals surface area contributed by atoms with Crippen molar-refractivity contribution in [1.82, 2.24) is 34.9 Å². The number of halogens is 1. The first-order valence-corrected chi connectivity index (χ1v) is 10.0. The van der Waals surface area contributed by atoms with Gasteiger partial charge >= 0.3 is 6.01 Å². The average molecular weight is 443 g/mol. The molecule has 0 spiro atoms. The van der Waals surface area contributed by atoms with Gasteiger partial charge in [0.15, 0.2) is 5.65 Å². The fraction of sp³-hybridized carbons (Fsp3) is 0.333. The van der Waals surface area contributed by atoms with Gasteiger partial charge in [-0.2, -0.15) is 19.6 Å². The summed E-state index contributed by atoms with van der Waals surface area (Å²) >= 11 is 3.49. The van der Waals surface area contributed by atoms with Crippen LogP contribution in [0.15, 0.2) is 34.9 Å². The fourth-order valence-corrected chi connectivity index (χ4v) is 3.66. The molecule has 1 aromatic carbocycles. The van der Waals surface area contributed by atoms with Crippen LogP contribution in [0.2, 0.25) is 0 Å². The number of hydrogen-bond acceptors (Lipinski definition) is 7. The highest BCUT2D eigenvalue weighted by Gasteiger charge is 2.19. The van der Waals surface area contributed by atoms with Gasteiger partial charge in [-0.25, -0.2) is 4.98 Å². The summed E-state index contributed by atoms with van der Waals surface area (Å²) in [5.41, 5.74) is 2.60. The predicted octanol–water partition coefficient (Wildman–Crippen LogP) is 2.51. The van der Waals surface area contributed by atoms with Crippen LogP contribution in [0.3, 0.4) is 0 Å². The maximum atomic E-state index is 6.04. The van der Waals surface area contributed by atoms with Crippen LogP contribution in [0, 0.1) is 0 Å². The van der Waals surface area contributed by atoms with Crippen LogP contribution in [0.1, 0.15) is 18.7 Å². The summed E-state index contributed by atoms with van der Waals surface area (Å²) < 4.78 is 8.48. The topological polar surface area (TPSA) is 105 Å². The number of nitrogens with one attached hydrogen (secondary N) is 3. The molecule has 144 valence electrons. The van der Waals surface area contributed by atoms with Crippen LogP contribution in [-0.4, -0.2) is 48.7 Å². The summed E-state index contributed by atoms with van der Waals surface area (Å²) in [6.45, 7) is 2.37. The molecule has 0 saturated carbocycles. The Morgan fingerprint density at radius 3 is 2.89 bits per heavy atom. The van der Waals surface area contributed by atoms with E-state index in [4.69, 9.17) is 4.74 Å². The minimum atomic E-state index is 0.119. The quantitative estimate of drug-likeness (QED) is 0.435. The molecule has 9 nitrogen and oxygen atoms in total. The third-order valence-corrected chi connectivity index (χ3v) is 5.27. The summed E-state index contributed by atoms with van der Waals surface area (Å²) in [6, 6.07) is 8.29. The molecular weight excluding hydrogens is 424 g/mol. The lowest BCUT2D eigenvalue weighted by Crippen LogP contribution is -2.34. The summed E-state index contributed by atoms with van der Waals surface area (Å²) in [5.74, 6) is 1.38. The first kappa shape index (κ1) is 17.4. The summed E-state index contributed by atoms with van der Waals surface area (Å²) in [7, 11) is 0. The third-order valence-electron chi connectivity index (χ3n) is 4.72. The molecule has 1 aliphatic heterocycles. The lowest BCUT2D eigenvalue weighted by Gasteiger charge is -2.22. The SMILES string of the molecule is Brc1cnn2c(NCc3nc4ccccc4[nH]3)nc(OC3CCNCC3)nc12. The molecule has 4 heterocycles. The van der Waals surface area contributed by atoms with E-state index in [-0.39, 0.29) is 6.10 Å². The van der Waals surface area contributed by atoms with Gasteiger partial charge in [0, 0.05) is 0 Å². The zero-order valence-corrected chi connectivity index (χ0v) is 16.6. The van der Waals surface area contributed by atoms with Crippen molar-refractivity contribution in [2.75, 3.05) is 18.4 Å². The molecule has 0 atom stereocenters. The van der Waals surface area contributed by atoms with E-state index < -0.39 is 0 Å². The normalized spacial score (nSPS) is 15.3. The van der Waals surface area contributed by atoms with Crippen LogP contribution < -0.4 is 15.4 Å². The van der Waals surface area contributed by atoms with E-state index in [1.165, 1.54) is 0 Å². The van der Waals surface area contributed by atoms with Crippen molar-refractivity contribution in [3.8, 4) is 6.01 Å². The van der Waals surface area contributed by atoms with Crippen molar-refractivity contribution in [1.29, 1.82) is 0 Å². The number of anilines is 1. The Kier molecular flexibility index (Phi) is 4.57. The Labute approximate surface area is 169 Å². The molecular formula is C18H19BrN8O. The molecule has 4 aromatic rings. The van der Waals surface area contributed by atoms with E-state index in [1.54, 1.807) is 10.7 Å². The van der Waals surface area contributed by atoms with E-state index in [9.17, 15) is 0 Å². The van der Waals surface area contributed by atoms with E-state index >= 15 is 0 Å². The van der Waals surface area contributed by atoms with Crippen LogP contribution in [-0.2, 0) is 6.54 Å². The number of aromatic nitrogens is 6. The van der Waals surface area contributed by atoms with Gasteiger partial charge in [0.2, 0.25) is 5.95 Å². The van der Waals surface area contributed by atoms with E-state index in [2.05, 4.69) is 51.6 Å². The van der Waals surface area contributed by atoms with Gasteiger partial charge < -0.3 is 20.4 Å². The van der Waals surface area contributed by atoms with Crippen LogP contribution in [0.5, 0.6) is 6.01 Å². The molecule has 3 aromatic heterocycles. The Morgan fingerprint density at radius 2 is 2.04 bits per heavy atom. The number of H-pyrrole nitrogens is 1. The average Bonchev–Trinajstić information content (AvgIpc) is 3.30. The van der Waals surface area contributed by atoms with Crippen LogP contribution >= 0.6 is 15.9 Å². The minimum absolute atomic E-state index is 0.119. The number of piperidine rings is 1. The van der Waals surface area contributed by atoms with Crippen LogP contribution in [0.25, 0.3) is 16.7 Å². The number of ether oxygens (including phenoxy) is 1. The Balaban J connectivity index is 1.41. The summed E-state index contributed by atoms with van der Waals surface area (Å²) in [6.07, 6.45) is 3.70. The van der Waals surface area contributed by atoms with Crippen molar-refractivity contribution in [3.05, 3.63) is 40.8 Å². The van der Waals surface area contributed by atoms with Crippen molar-refractivity contribution < 1.29 is 4.74 Å². The van der Waals surface area contributed by atoms with Crippen molar-refractivity contribution in [2.24, 2.45) is 0 Å². The number of para-hydroxylation sites is 2. The molecule has 1 saturated heterocycles. The number of imidazole rings is 1. The molecule has 0 aliphatic carbocycles. The van der Waals surface area contributed by atoms with Crippen molar-refractivity contribution >= 4 is 38.6 Å². The summed E-state index contributed by atoms with van der Waals surface area (Å²) in [5, 5.41) is 11.0. The molecule has 28 heavy (non-hydrogen) atoms. The maximum Gasteiger partial charge on any atom is 0.322 e. The van der Waals surface area contributed by atoms with E-state index in [0.717, 1.165) is 47.3 Å². The largest absolute Gasteiger partial charge is 0.460 e. The van der Waals surface area contributed by atoms with Gasteiger partial charge in [0.1, 0.15) is 11.9 Å². The number of aromatic amines is 1. The molecule has 0 radical (unpaired) electrons. The first-order chi connectivity index (χ1) is 13.8. The minimum Gasteiger partial charge on any atom is -0.460 e. The van der Waals surface area contributed by atoms with Gasteiger partial charge in [-0.05, 0) is 54.0 Å². The standard InChI is InChI=1S/C18H19BrN8O/c19-12-9-22-27-16(12)25-18(28-11-5-7-20-8-6-11)26-17(27)21-10-15-23-13-3-1-2-4-14(13)24-15/h1-4,9,11,20H,5-8,10H2,(H,23,24)(H,21,25,26). The number of rotatable bonds is 5. The second-order valence-electron chi connectivity index (χ2n) is 6.68. The van der Waals surface area contributed by atoms with Gasteiger partial charge in [0.05, 0.1) is 28.2 Å². The highest BCUT2D eigenvalue weighted by atomic mass is 79.9. The molecule has 0 amide bonds. The van der Waals surface area contributed by atoms with Gasteiger partial charge in [0.25, 0.3) is 0 Å². The molecule has 5 rings (SSSR count). The number of hydrogen-bond donors (Lipinski definition) is 3. The smallest absolute Gasteiger partial charge is 0.322 e. The zero-order chi connectivity index (χ0) is 18.9. The zero-order valence-electron chi connectivity index (χ0n) is 15.0. The Hall–Kier alpha value is -2.72. The lowest BCUT2D eigenvalue weighted by molar-refractivity contribution is 0.149. The Morgan fingerprint density at radius 1 is 1.18 bits per heavy atom. The van der Waals surface area contributed by atoms with E-state index in [1.807, 2.05) is 24.3 Å². The Bertz CT molecular complexity index is 1080. The highest BCUT2D eigenvalue weighted by Crippen LogP contribution is 2.22. The van der Waals surface area contributed by atoms with E-state index in [0.29, 0.717) is 24.2 Å². The summed E-state index contributed by atoms with van der Waals surface area (Å²) in [4.78, 5) is 17.0. The molecule has 3 N–H and O–H groups in total. The lowest BCUT2D eigenvalue weighted by atomic mass is 10.1. The van der Waals surface area contributed by atoms with Gasteiger partial charge in [-0.3, -0.25) is 0 Å². The van der Waals surface area contributed by atoms with Crippen molar-refractivity contribution in [2.45, 2.75) is 25.5 Å². The van der Waals surface area contributed by atoms with Crippen molar-refractivity contribution in [3.63, 3.8) is 0 Å². The molecule has 1 aliphatic rings. The molecule has 0 bridgehead atoms. The van der Waals surface area contributed by atoms with Gasteiger partial charge in [-0.1, -0.05) is 12.1 Å².